The van der Waals surface area contributed by atoms with Gasteiger partial charge >= 0.3 is 6.03 Å². The van der Waals surface area contributed by atoms with Crippen LogP contribution in [0.25, 0.3) is 16.8 Å². The molecule has 2 N–H and O–H groups in total. The second-order valence-corrected chi connectivity index (χ2v) is 6.52. The Morgan fingerprint density at radius 1 is 1.03 bits per heavy atom. The number of aromatic nitrogens is 5. The average molecular weight is 401 g/mol. The third-order valence-electron chi connectivity index (χ3n) is 4.37. The van der Waals surface area contributed by atoms with Crippen LogP contribution in [0.5, 0.6) is 0 Å². The van der Waals surface area contributed by atoms with Gasteiger partial charge < -0.3 is 5.32 Å². The molecule has 4 rings (SSSR count). The van der Waals surface area contributed by atoms with Crippen molar-refractivity contribution in [2.24, 2.45) is 0 Å². The molecule has 150 valence electrons. The Kier molecular flexibility index (Phi) is 5.42. The summed E-state index contributed by atoms with van der Waals surface area (Å²) < 4.78 is 1.44. The molecule has 0 saturated carbocycles. The van der Waals surface area contributed by atoms with E-state index in [-0.39, 0.29) is 18.2 Å². The van der Waals surface area contributed by atoms with E-state index in [1.807, 2.05) is 25.1 Å². The zero-order valence-corrected chi connectivity index (χ0v) is 16.2. The number of fused-ring (bicyclic) bond motifs is 1. The average Bonchev–Trinajstić information content (AvgIpc) is 3.16. The van der Waals surface area contributed by atoms with Crippen molar-refractivity contribution in [3.8, 4) is 11.1 Å². The van der Waals surface area contributed by atoms with E-state index < -0.39 is 6.03 Å². The van der Waals surface area contributed by atoms with E-state index in [1.165, 1.54) is 4.52 Å². The number of pyridine rings is 3. The van der Waals surface area contributed by atoms with E-state index in [0.717, 1.165) is 16.7 Å². The second-order valence-electron chi connectivity index (χ2n) is 6.52. The van der Waals surface area contributed by atoms with E-state index in [2.05, 4.69) is 30.7 Å². The van der Waals surface area contributed by atoms with Crippen molar-refractivity contribution in [1.82, 2.24) is 29.9 Å². The molecule has 4 aromatic rings. The number of carbonyl (C=O) groups excluding carboxylic acids is 2. The fourth-order valence-corrected chi connectivity index (χ4v) is 3.02. The number of ketones is 1. The first kappa shape index (κ1) is 19.2. The SMILES string of the molecule is CCNC(=O)Nc1nc2cc(-c3cccnc3)cc(C(=O)Cc3cccnc3)n2n1. The number of hydrogen-bond acceptors (Lipinski definition) is 6. The Bertz CT molecular complexity index is 1190. The van der Waals surface area contributed by atoms with Crippen molar-refractivity contribution >= 4 is 23.4 Å². The van der Waals surface area contributed by atoms with Crippen LogP contribution in [0.2, 0.25) is 0 Å². The van der Waals surface area contributed by atoms with Crippen molar-refractivity contribution in [3.63, 3.8) is 0 Å². The second kappa shape index (κ2) is 8.48. The summed E-state index contributed by atoms with van der Waals surface area (Å²) in [5.41, 5.74) is 3.21. The number of amides is 2. The lowest BCUT2D eigenvalue weighted by Crippen LogP contribution is -2.28. The zero-order valence-electron chi connectivity index (χ0n) is 16.2. The van der Waals surface area contributed by atoms with Gasteiger partial charge in [-0.05, 0) is 42.3 Å². The van der Waals surface area contributed by atoms with Crippen LogP contribution in [0, 0.1) is 0 Å². The molecule has 30 heavy (non-hydrogen) atoms. The first-order valence-electron chi connectivity index (χ1n) is 9.42. The van der Waals surface area contributed by atoms with Crippen LogP contribution >= 0.6 is 0 Å². The molecule has 0 aliphatic carbocycles. The van der Waals surface area contributed by atoms with Gasteiger partial charge in [-0.25, -0.2) is 9.31 Å². The smallest absolute Gasteiger partial charge is 0.321 e. The van der Waals surface area contributed by atoms with Crippen LogP contribution in [0.15, 0.2) is 61.2 Å². The van der Waals surface area contributed by atoms with Crippen molar-refractivity contribution in [2.45, 2.75) is 13.3 Å². The van der Waals surface area contributed by atoms with Crippen LogP contribution in [0.3, 0.4) is 0 Å². The summed E-state index contributed by atoms with van der Waals surface area (Å²) in [4.78, 5) is 37.5. The summed E-state index contributed by atoms with van der Waals surface area (Å²) in [6.07, 6.45) is 6.88. The minimum absolute atomic E-state index is 0.111. The summed E-state index contributed by atoms with van der Waals surface area (Å²) in [6.45, 7) is 2.28. The topological polar surface area (TPSA) is 114 Å². The normalized spacial score (nSPS) is 10.7. The maximum absolute atomic E-state index is 13.1. The van der Waals surface area contributed by atoms with Crippen molar-refractivity contribution in [1.29, 1.82) is 0 Å². The molecule has 2 amide bonds. The molecule has 0 atom stereocenters. The van der Waals surface area contributed by atoms with Gasteiger partial charge in [-0.3, -0.25) is 20.1 Å². The molecule has 0 aliphatic rings. The molecule has 0 spiro atoms. The van der Waals surface area contributed by atoms with Crippen LogP contribution < -0.4 is 10.6 Å². The van der Waals surface area contributed by atoms with E-state index in [9.17, 15) is 9.59 Å². The van der Waals surface area contributed by atoms with Crippen molar-refractivity contribution in [3.05, 3.63) is 72.4 Å². The molecule has 0 aliphatic heterocycles. The van der Waals surface area contributed by atoms with Gasteiger partial charge in [-0.15, -0.1) is 5.10 Å². The number of hydrogen-bond donors (Lipinski definition) is 2. The minimum atomic E-state index is -0.413. The minimum Gasteiger partial charge on any atom is -0.338 e. The largest absolute Gasteiger partial charge is 0.338 e. The Morgan fingerprint density at radius 2 is 1.83 bits per heavy atom. The molecule has 0 fully saturated rings. The lowest BCUT2D eigenvalue weighted by Gasteiger charge is -2.07. The number of Topliss-reactive ketones (excluding diaryl/α,β-unsaturated/α-hetero) is 1. The van der Waals surface area contributed by atoms with Gasteiger partial charge in [0.15, 0.2) is 11.4 Å². The van der Waals surface area contributed by atoms with E-state index >= 15 is 0 Å². The van der Waals surface area contributed by atoms with Crippen LogP contribution in [0.1, 0.15) is 23.0 Å². The highest BCUT2D eigenvalue weighted by atomic mass is 16.2. The van der Waals surface area contributed by atoms with Crippen LogP contribution in [-0.2, 0) is 6.42 Å². The molecule has 4 heterocycles. The van der Waals surface area contributed by atoms with E-state index in [4.69, 9.17) is 0 Å². The molecule has 0 saturated heterocycles. The number of rotatable bonds is 6. The highest BCUT2D eigenvalue weighted by Crippen LogP contribution is 2.23. The highest BCUT2D eigenvalue weighted by Gasteiger charge is 2.18. The fraction of sp³-hybridized carbons (Fsp3) is 0.143. The molecule has 9 nitrogen and oxygen atoms in total. The van der Waals surface area contributed by atoms with Crippen LogP contribution in [0.4, 0.5) is 10.7 Å². The molecule has 0 aromatic carbocycles. The predicted molar refractivity (Wildman–Crippen MR) is 111 cm³/mol. The molecule has 0 unspecified atom stereocenters. The third kappa shape index (κ3) is 4.14. The standard InChI is InChI=1S/C21H19N7O2/c1-2-24-21(30)26-20-25-19-11-16(15-6-4-8-23-13-15)10-17(28(19)27-20)18(29)9-14-5-3-7-22-12-14/h3-8,10-13H,2,9H2,1H3,(H2,24,26,27,30). The highest BCUT2D eigenvalue weighted by molar-refractivity contribution is 5.98. The maximum Gasteiger partial charge on any atom is 0.321 e. The van der Waals surface area contributed by atoms with Crippen molar-refractivity contribution < 1.29 is 9.59 Å². The molecule has 0 radical (unpaired) electrons. The summed E-state index contributed by atoms with van der Waals surface area (Å²) >= 11 is 0. The first-order valence-corrected chi connectivity index (χ1v) is 9.42. The molecular formula is C21H19N7O2. The van der Waals surface area contributed by atoms with E-state index in [1.54, 1.807) is 43.0 Å². The van der Waals surface area contributed by atoms with Gasteiger partial charge in [0.25, 0.3) is 5.95 Å². The van der Waals surface area contributed by atoms with Gasteiger partial charge in [0.05, 0.1) is 0 Å². The summed E-state index contributed by atoms with van der Waals surface area (Å²) in [7, 11) is 0. The number of urea groups is 1. The van der Waals surface area contributed by atoms with Gasteiger partial charge in [0.1, 0.15) is 5.69 Å². The third-order valence-corrected chi connectivity index (χ3v) is 4.37. The van der Waals surface area contributed by atoms with Gasteiger partial charge in [0.2, 0.25) is 0 Å². The van der Waals surface area contributed by atoms with Gasteiger partial charge in [-0.2, -0.15) is 4.98 Å². The molecule has 0 bridgehead atoms. The molecule has 4 aromatic heterocycles. The Hall–Kier alpha value is -4.14. The van der Waals surface area contributed by atoms with Crippen molar-refractivity contribution in [2.75, 3.05) is 11.9 Å². The quantitative estimate of drug-likeness (QED) is 0.480. The molecule has 9 heteroatoms. The monoisotopic (exact) mass is 401 g/mol. The Balaban J connectivity index is 1.77. The maximum atomic E-state index is 13.1. The number of anilines is 1. The Labute approximate surface area is 172 Å². The van der Waals surface area contributed by atoms with Gasteiger partial charge in [-0.1, -0.05) is 12.1 Å². The number of carbonyl (C=O) groups is 2. The predicted octanol–water partition coefficient (Wildman–Crippen LogP) is 2.75. The lowest BCUT2D eigenvalue weighted by molar-refractivity contribution is 0.0986. The van der Waals surface area contributed by atoms with E-state index in [0.29, 0.717) is 17.9 Å². The van der Waals surface area contributed by atoms with Gasteiger partial charge in [0, 0.05) is 43.3 Å². The summed E-state index contributed by atoms with van der Waals surface area (Å²) in [5.74, 6) is -0.0343. The Morgan fingerprint density at radius 3 is 2.53 bits per heavy atom. The molecular weight excluding hydrogens is 382 g/mol. The zero-order chi connectivity index (χ0) is 20.9. The first-order chi connectivity index (χ1) is 14.6. The number of nitrogens with one attached hydrogen (secondary N) is 2. The van der Waals surface area contributed by atoms with Crippen LogP contribution in [-0.4, -0.2) is 42.9 Å². The summed E-state index contributed by atoms with van der Waals surface area (Å²) in [6, 6.07) is 10.5. The fourth-order valence-electron chi connectivity index (χ4n) is 3.02. The lowest BCUT2D eigenvalue weighted by atomic mass is 10.0. The number of nitrogens with zero attached hydrogens (tertiary/aromatic N) is 5. The summed E-state index contributed by atoms with van der Waals surface area (Å²) in [5, 5.41) is 9.52.